The first-order valence-electron chi connectivity index (χ1n) is 8.18. The maximum Gasteiger partial charge on any atom is 0.281 e. The predicted molar refractivity (Wildman–Crippen MR) is 96.2 cm³/mol. The zero-order valence-corrected chi connectivity index (χ0v) is 15.7. The van der Waals surface area contributed by atoms with Crippen LogP contribution in [-0.4, -0.2) is 28.3 Å². The normalized spacial score (nSPS) is 12.3. The molecular formula is C17H21N5O3S. The van der Waals surface area contributed by atoms with Crippen molar-refractivity contribution in [1.82, 2.24) is 19.9 Å². The predicted octanol–water partition coefficient (Wildman–Crippen LogP) is 2.61. The third-order valence-corrected chi connectivity index (χ3v) is 5.05. The minimum absolute atomic E-state index is 0.0514. The van der Waals surface area contributed by atoms with Gasteiger partial charge in [-0.2, -0.15) is 18.5 Å². The van der Waals surface area contributed by atoms with E-state index in [9.17, 15) is 8.42 Å². The summed E-state index contributed by atoms with van der Waals surface area (Å²) in [7, 11) is -3.87. The van der Waals surface area contributed by atoms with E-state index >= 15 is 0 Å². The minimum Gasteiger partial charge on any atom is -0.337 e. The molecule has 0 fully saturated rings. The SMILES string of the molecule is CC(C)(C)c1nc(NS(=O)(=O)c2ccnn2CCc2ccccc2)no1. The smallest absolute Gasteiger partial charge is 0.281 e. The number of hydrogen-bond acceptors (Lipinski definition) is 6. The number of rotatable bonds is 6. The molecule has 3 aromatic rings. The van der Waals surface area contributed by atoms with Gasteiger partial charge in [0.15, 0.2) is 5.03 Å². The molecule has 0 saturated heterocycles. The Hall–Kier alpha value is -2.68. The third kappa shape index (κ3) is 4.10. The maximum absolute atomic E-state index is 12.7. The lowest BCUT2D eigenvalue weighted by atomic mass is 9.97. The first kappa shape index (κ1) is 18.1. The van der Waals surface area contributed by atoms with Gasteiger partial charge < -0.3 is 4.52 Å². The van der Waals surface area contributed by atoms with Crippen molar-refractivity contribution in [2.45, 2.75) is 44.2 Å². The van der Waals surface area contributed by atoms with Gasteiger partial charge in [-0.15, -0.1) is 0 Å². The van der Waals surface area contributed by atoms with Crippen molar-refractivity contribution in [2.75, 3.05) is 4.72 Å². The molecule has 1 aromatic carbocycles. The van der Waals surface area contributed by atoms with Crippen molar-refractivity contribution in [3.63, 3.8) is 0 Å². The molecule has 0 bridgehead atoms. The Morgan fingerprint density at radius 3 is 2.54 bits per heavy atom. The summed E-state index contributed by atoms with van der Waals surface area (Å²) in [6, 6.07) is 11.2. The van der Waals surface area contributed by atoms with Crippen LogP contribution in [0.5, 0.6) is 0 Å². The van der Waals surface area contributed by atoms with Gasteiger partial charge in [-0.25, -0.2) is 4.72 Å². The van der Waals surface area contributed by atoms with E-state index in [1.54, 1.807) is 0 Å². The molecule has 0 aliphatic rings. The Labute approximate surface area is 152 Å². The zero-order chi connectivity index (χ0) is 18.8. The van der Waals surface area contributed by atoms with Gasteiger partial charge in [0.2, 0.25) is 5.89 Å². The van der Waals surface area contributed by atoms with Crippen molar-refractivity contribution < 1.29 is 12.9 Å². The number of aromatic nitrogens is 4. The average Bonchev–Trinajstić information content (AvgIpc) is 3.22. The van der Waals surface area contributed by atoms with Crippen LogP contribution in [0.1, 0.15) is 32.2 Å². The zero-order valence-electron chi connectivity index (χ0n) is 14.9. The molecule has 2 aromatic heterocycles. The van der Waals surface area contributed by atoms with Crippen molar-refractivity contribution in [2.24, 2.45) is 0 Å². The lowest BCUT2D eigenvalue weighted by Gasteiger charge is -2.10. The highest BCUT2D eigenvalue weighted by Gasteiger charge is 2.25. The van der Waals surface area contributed by atoms with Crippen LogP contribution in [-0.2, 0) is 28.4 Å². The second-order valence-corrected chi connectivity index (χ2v) is 8.54. The largest absolute Gasteiger partial charge is 0.337 e. The van der Waals surface area contributed by atoms with Gasteiger partial charge in [0.25, 0.3) is 16.0 Å². The lowest BCUT2D eigenvalue weighted by Crippen LogP contribution is -2.20. The molecule has 0 radical (unpaired) electrons. The molecule has 0 unspecified atom stereocenters. The highest BCUT2D eigenvalue weighted by molar-refractivity contribution is 7.92. The molecule has 0 aliphatic carbocycles. The second kappa shape index (κ2) is 6.91. The van der Waals surface area contributed by atoms with Crippen molar-refractivity contribution in [3.05, 3.63) is 54.0 Å². The highest BCUT2D eigenvalue weighted by Crippen LogP contribution is 2.22. The Morgan fingerprint density at radius 1 is 1.15 bits per heavy atom. The van der Waals surface area contributed by atoms with Crippen LogP contribution in [0.25, 0.3) is 0 Å². The van der Waals surface area contributed by atoms with Crippen molar-refractivity contribution in [3.8, 4) is 0 Å². The van der Waals surface area contributed by atoms with E-state index in [0.717, 1.165) is 5.56 Å². The van der Waals surface area contributed by atoms with Gasteiger partial charge in [-0.1, -0.05) is 51.1 Å². The number of nitrogens with one attached hydrogen (secondary N) is 1. The van der Waals surface area contributed by atoms with E-state index in [2.05, 4.69) is 20.0 Å². The van der Waals surface area contributed by atoms with Crippen LogP contribution in [0, 0.1) is 0 Å². The van der Waals surface area contributed by atoms with Crippen molar-refractivity contribution in [1.29, 1.82) is 0 Å². The summed E-state index contributed by atoms with van der Waals surface area (Å²) in [6.45, 7) is 6.14. The van der Waals surface area contributed by atoms with Crippen LogP contribution in [0.15, 0.2) is 52.1 Å². The van der Waals surface area contributed by atoms with Gasteiger partial charge in [0, 0.05) is 12.0 Å². The Bertz CT molecular complexity index is 971. The number of benzene rings is 1. The summed E-state index contributed by atoms with van der Waals surface area (Å²) in [6.07, 6.45) is 2.12. The molecular weight excluding hydrogens is 354 g/mol. The molecule has 0 saturated carbocycles. The summed E-state index contributed by atoms with van der Waals surface area (Å²) in [5, 5.41) is 7.86. The van der Waals surface area contributed by atoms with Crippen LogP contribution < -0.4 is 4.72 Å². The third-order valence-electron chi connectivity index (χ3n) is 3.70. The topological polar surface area (TPSA) is 103 Å². The minimum atomic E-state index is -3.87. The summed E-state index contributed by atoms with van der Waals surface area (Å²) >= 11 is 0. The summed E-state index contributed by atoms with van der Waals surface area (Å²) in [5.41, 5.74) is 0.737. The molecule has 0 spiro atoms. The number of hydrogen-bond donors (Lipinski definition) is 1. The molecule has 0 atom stereocenters. The lowest BCUT2D eigenvalue weighted by molar-refractivity contribution is 0.321. The van der Waals surface area contributed by atoms with Gasteiger partial charge in [0.1, 0.15) is 0 Å². The molecule has 9 heteroatoms. The molecule has 8 nitrogen and oxygen atoms in total. The fourth-order valence-electron chi connectivity index (χ4n) is 2.34. The molecule has 138 valence electrons. The molecule has 3 rings (SSSR count). The maximum atomic E-state index is 12.7. The summed E-state index contributed by atoms with van der Waals surface area (Å²) < 4.78 is 34.2. The van der Waals surface area contributed by atoms with E-state index in [0.29, 0.717) is 18.9 Å². The van der Waals surface area contributed by atoms with Gasteiger partial charge >= 0.3 is 0 Å². The monoisotopic (exact) mass is 375 g/mol. The number of anilines is 1. The van der Waals surface area contributed by atoms with E-state index < -0.39 is 10.0 Å². The van der Waals surface area contributed by atoms with Crippen LogP contribution >= 0.6 is 0 Å². The highest BCUT2D eigenvalue weighted by atomic mass is 32.2. The molecule has 0 aliphatic heterocycles. The summed E-state index contributed by atoms with van der Waals surface area (Å²) in [5.74, 6) is 0.263. The Morgan fingerprint density at radius 2 is 1.88 bits per heavy atom. The summed E-state index contributed by atoms with van der Waals surface area (Å²) in [4.78, 5) is 4.10. The van der Waals surface area contributed by atoms with Crippen LogP contribution in [0.4, 0.5) is 5.95 Å². The van der Waals surface area contributed by atoms with Crippen LogP contribution in [0.2, 0.25) is 0 Å². The quantitative estimate of drug-likeness (QED) is 0.710. The Balaban J connectivity index is 1.76. The van der Waals surface area contributed by atoms with E-state index in [1.165, 1.54) is 16.9 Å². The molecule has 1 N–H and O–H groups in total. The number of nitrogens with zero attached hydrogens (tertiary/aromatic N) is 4. The van der Waals surface area contributed by atoms with E-state index in [4.69, 9.17) is 4.52 Å². The molecule has 0 amide bonds. The molecule has 2 heterocycles. The first-order chi connectivity index (χ1) is 12.3. The number of sulfonamides is 1. The fraction of sp³-hybridized carbons (Fsp3) is 0.353. The van der Waals surface area contributed by atoms with Gasteiger partial charge in [0.05, 0.1) is 6.20 Å². The molecule has 26 heavy (non-hydrogen) atoms. The van der Waals surface area contributed by atoms with E-state index in [1.807, 2.05) is 51.1 Å². The van der Waals surface area contributed by atoms with Crippen LogP contribution in [0.3, 0.4) is 0 Å². The first-order valence-corrected chi connectivity index (χ1v) is 9.67. The average molecular weight is 375 g/mol. The van der Waals surface area contributed by atoms with Crippen molar-refractivity contribution >= 4 is 16.0 Å². The Kier molecular flexibility index (Phi) is 4.82. The fourth-order valence-corrected chi connectivity index (χ4v) is 3.42. The van der Waals surface area contributed by atoms with Gasteiger partial charge in [-0.3, -0.25) is 4.68 Å². The van der Waals surface area contributed by atoms with Gasteiger partial charge in [-0.05, 0) is 23.2 Å². The standard InChI is InChI=1S/C17H21N5O3S/c1-17(2,3)15-19-16(20-25-15)21-26(23,24)14-9-11-18-22(14)12-10-13-7-5-4-6-8-13/h4-9,11H,10,12H2,1-3H3,(H,20,21). The number of aryl methyl sites for hydroxylation is 2. The van der Waals surface area contributed by atoms with E-state index in [-0.39, 0.29) is 16.4 Å². The second-order valence-electron chi connectivity index (χ2n) is 6.91.